The Balaban J connectivity index is 1.83. The number of carboxylic acids is 1. The molecule has 0 bridgehead atoms. The number of aromatic hydroxyl groups is 1. The molecule has 0 saturated carbocycles. The van der Waals surface area contributed by atoms with E-state index in [4.69, 9.17) is 21.4 Å². The summed E-state index contributed by atoms with van der Waals surface area (Å²) < 4.78 is 44.8. The summed E-state index contributed by atoms with van der Waals surface area (Å²) in [5.74, 6) is -1.86. The second-order valence-corrected chi connectivity index (χ2v) is 8.28. The lowest BCUT2D eigenvalue weighted by molar-refractivity contribution is -0.138. The molecule has 0 heterocycles. The van der Waals surface area contributed by atoms with Gasteiger partial charge in [0.15, 0.2) is 0 Å². The molecule has 1 amide bonds. The van der Waals surface area contributed by atoms with E-state index < -0.39 is 23.6 Å². The maximum Gasteiger partial charge on any atom is 0.416 e. The number of anilines is 2. The van der Waals surface area contributed by atoms with Gasteiger partial charge >= 0.3 is 12.1 Å². The summed E-state index contributed by atoms with van der Waals surface area (Å²) in [4.78, 5) is 25.3. The zero-order chi connectivity index (χ0) is 26.5. The molecule has 0 saturated heterocycles. The quantitative estimate of drug-likeness (QED) is 0.345. The number of aliphatic carboxylic acids is 1. The van der Waals surface area contributed by atoms with Gasteiger partial charge in [0, 0.05) is 30.2 Å². The Labute approximate surface area is 209 Å². The van der Waals surface area contributed by atoms with E-state index >= 15 is 0 Å². The fourth-order valence-corrected chi connectivity index (χ4v) is 3.50. The number of amides is 1. The number of phenols is 1. The van der Waals surface area contributed by atoms with Gasteiger partial charge in [-0.2, -0.15) is 13.2 Å². The molecule has 0 spiro atoms. The molecule has 3 aromatic rings. The number of phenolic OH excluding ortho intramolecular Hbond substituents is 1. The molecule has 0 fully saturated rings. The van der Waals surface area contributed by atoms with Gasteiger partial charge in [0.05, 0.1) is 23.4 Å². The fourth-order valence-electron chi connectivity index (χ4n) is 3.33. The monoisotopic (exact) mass is 522 g/mol. The third-order valence-corrected chi connectivity index (χ3v) is 5.37. The van der Waals surface area contributed by atoms with Crippen LogP contribution in [0.4, 0.5) is 24.5 Å². The lowest BCUT2D eigenvalue weighted by Gasteiger charge is -2.20. The standard InChI is InChI=1S/C25H22ClF3N2O5/c1-31(14-23(33)34)18-6-7-20(30-24(35)19-12-17(26)5-8-21(19)32)22(13-18)36-10-9-15-3-2-4-16(11-15)25(27,28)29/h2-8,11-13,32H,9-10,14H2,1H3,(H,30,35)(H,33,34). The van der Waals surface area contributed by atoms with E-state index in [1.54, 1.807) is 19.2 Å². The molecule has 0 atom stereocenters. The number of hydrogen-bond acceptors (Lipinski definition) is 5. The average Bonchev–Trinajstić information content (AvgIpc) is 2.80. The van der Waals surface area contributed by atoms with Gasteiger partial charge in [-0.3, -0.25) is 9.59 Å². The third kappa shape index (κ3) is 7.05. The summed E-state index contributed by atoms with van der Waals surface area (Å²) in [5.41, 5.74) is 0.223. The predicted octanol–water partition coefficient (Wildman–Crippen LogP) is 5.46. The minimum atomic E-state index is -4.47. The number of carboxylic acid groups (broad SMARTS) is 1. The number of nitrogens with zero attached hydrogens (tertiary/aromatic N) is 1. The number of hydrogen-bond donors (Lipinski definition) is 3. The summed E-state index contributed by atoms with van der Waals surface area (Å²) in [7, 11) is 1.55. The van der Waals surface area contributed by atoms with Crippen molar-refractivity contribution in [1.82, 2.24) is 0 Å². The largest absolute Gasteiger partial charge is 0.507 e. The number of likely N-dealkylation sites (N-methyl/N-ethyl adjacent to an activating group) is 1. The van der Waals surface area contributed by atoms with Crippen LogP contribution in [0.1, 0.15) is 21.5 Å². The topological polar surface area (TPSA) is 99.1 Å². The highest BCUT2D eigenvalue weighted by molar-refractivity contribution is 6.31. The fraction of sp³-hybridized carbons (Fsp3) is 0.200. The second-order valence-electron chi connectivity index (χ2n) is 7.84. The summed E-state index contributed by atoms with van der Waals surface area (Å²) in [6.07, 6.45) is -4.33. The Bertz CT molecular complexity index is 1270. The molecule has 0 aliphatic rings. The number of carbonyl (C=O) groups excluding carboxylic acids is 1. The van der Waals surface area contributed by atoms with Crippen LogP contribution in [0.5, 0.6) is 11.5 Å². The lowest BCUT2D eigenvalue weighted by atomic mass is 10.1. The van der Waals surface area contributed by atoms with E-state index in [1.165, 1.54) is 41.3 Å². The van der Waals surface area contributed by atoms with Gasteiger partial charge in [-0.1, -0.05) is 29.8 Å². The van der Waals surface area contributed by atoms with Crippen molar-refractivity contribution >= 4 is 34.9 Å². The van der Waals surface area contributed by atoms with Crippen molar-refractivity contribution in [3.63, 3.8) is 0 Å². The first kappa shape index (κ1) is 26.7. The molecule has 190 valence electrons. The molecule has 11 heteroatoms. The molecular weight excluding hydrogens is 501 g/mol. The van der Waals surface area contributed by atoms with E-state index in [9.17, 15) is 27.9 Å². The molecule has 3 N–H and O–H groups in total. The number of rotatable bonds is 9. The molecule has 0 aliphatic carbocycles. The number of halogens is 4. The van der Waals surface area contributed by atoms with Crippen molar-refractivity contribution in [3.05, 3.63) is 82.4 Å². The number of benzene rings is 3. The Kier molecular flexibility index (Phi) is 8.31. The van der Waals surface area contributed by atoms with Crippen LogP contribution >= 0.6 is 11.6 Å². The van der Waals surface area contributed by atoms with Gasteiger partial charge in [0.2, 0.25) is 0 Å². The van der Waals surface area contributed by atoms with Gasteiger partial charge in [0.25, 0.3) is 5.91 Å². The van der Waals surface area contributed by atoms with E-state index in [2.05, 4.69) is 5.32 Å². The Hall–Kier alpha value is -3.92. The van der Waals surface area contributed by atoms with Crippen LogP contribution in [0.2, 0.25) is 5.02 Å². The van der Waals surface area contributed by atoms with Crippen molar-refractivity contribution in [3.8, 4) is 11.5 Å². The van der Waals surface area contributed by atoms with Crippen molar-refractivity contribution in [2.75, 3.05) is 30.4 Å². The smallest absolute Gasteiger partial charge is 0.416 e. The van der Waals surface area contributed by atoms with Crippen molar-refractivity contribution in [2.24, 2.45) is 0 Å². The van der Waals surface area contributed by atoms with Gasteiger partial charge in [-0.15, -0.1) is 0 Å². The predicted molar refractivity (Wildman–Crippen MR) is 129 cm³/mol. The number of nitrogens with one attached hydrogen (secondary N) is 1. The highest BCUT2D eigenvalue weighted by atomic mass is 35.5. The lowest BCUT2D eigenvalue weighted by Crippen LogP contribution is -2.25. The molecular formula is C25H22ClF3N2O5. The van der Waals surface area contributed by atoms with Crippen LogP contribution < -0.4 is 15.0 Å². The SMILES string of the molecule is CN(CC(=O)O)c1ccc(NC(=O)c2cc(Cl)ccc2O)c(OCCc2cccc(C(F)(F)F)c2)c1. The van der Waals surface area contributed by atoms with Crippen molar-refractivity contribution in [1.29, 1.82) is 0 Å². The van der Waals surface area contributed by atoms with Crippen LogP contribution in [-0.4, -0.2) is 42.3 Å². The molecule has 3 rings (SSSR count). The molecule has 0 radical (unpaired) electrons. The molecule has 0 aliphatic heterocycles. The van der Waals surface area contributed by atoms with Crippen LogP contribution in [-0.2, 0) is 17.4 Å². The van der Waals surface area contributed by atoms with Crippen molar-refractivity contribution < 1.29 is 37.7 Å². The third-order valence-electron chi connectivity index (χ3n) is 5.13. The van der Waals surface area contributed by atoms with E-state index in [0.717, 1.165) is 12.1 Å². The van der Waals surface area contributed by atoms with Crippen LogP contribution in [0.3, 0.4) is 0 Å². The van der Waals surface area contributed by atoms with Crippen molar-refractivity contribution in [2.45, 2.75) is 12.6 Å². The Morgan fingerprint density at radius 1 is 1.08 bits per heavy atom. The first-order valence-corrected chi connectivity index (χ1v) is 11.0. The Morgan fingerprint density at radius 3 is 2.53 bits per heavy atom. The summed E-state index contributed by atoms with van der Waals surface area (Å²) in [6, 6.07) is 13.4. The minimum absolute atomic E-state index is 0.0291. The number of alkyl halides is 3. The maximum absolute atomic E-state index is 13.0. The average molecular weight is 523 g/mol. The minimum Gasteiger partial charge on any atom is -0.507 e. The normalized spacial score (nSPS) is 11.1. The number of ether oxygens (including phenoxy) is 1. The molecule has 0 aromatic heterocycles. The molecule has 7 nitrogen and oxygen atoms in total. The van der Waals surface area contributed by atoms with Gasteiger partial charge < -0.3 is 25.2 Å². The first-order chi connectivity index (χ1) is 16.9. The highest BCUT2D eigenvalue weighted by Gasteiger charge is 2.30. The zero-order valence-corrected chi connectivity index (χ0v) is 19.7. The van der Waals surface area contributed by atoms with Crippen LogP contribution in [0.15, 0.2) is 60.7 Å². The second kappa shape index (κ2) is 11.2. The van der Waals surface area contributed by atoms with E-state index in [0.29, 0.717) is 11.3 Å². The van der Waals surface area contributed by atoms with E-state index in [-0.39, 0.29) is 47.3 Å². The zero-order valence-electron chi connectivity index (χ0n) is 19.0. The molecule has 0 unspecified atom stereocenters. The van der Waals surface area contributed by atoms with Gasteiger partial charge in [-0.25, -0.2) is 0 Å². The Morgan fingerprint density at radius 2 is 1.83 bits per heavy atom. The highest BCUT2D eigenvalue weighted by Crippen LogP contribution is 2.32. The van der Waals surface area contributed by atoms with Gasteiger partial charge in [0.1, 0.15) is 18.0 Å². The molecule has 36 heavy (non-hydrogen) atoms. The summed E-state index contributed by atoms with van der Waals surface area (Å²) in [6.45, 7) is -0.329. The van der Waals surface area contributed by atoms with E-state index in [1.807, 2.05) is 0 Å². The first-order valence-electron chi connectivity index (χ1n) is 10.6. The summed E-state index contributed by atoms with van der Waals surface area (Å²) >= 11 is 5.92. The summed E-state index contributed by atoms with van der Waals surface area (Å²) in [5, 5.41) is 21.9. The van der Waals surface area contributed by atoms with Crippen LogP contribution in [0, 0.1) is 0 Å². The maximum atomic E-state index is 13.0. The number of carbonyl (C=O) groups is 2. The molecule has 3 aromatic carbocycles. The van der Waals surface area contributed by atoms with Gasteiger partial charge in [-0.05, 0) is 42.0 Å². The van der Waals surface area contributed by atoms with Crippen LogP contribution in [0.25, 0.3) is 0 Å².